The van der Waals surface area contributed by atoms with Gasteiger partial charge in [-0.2, -0.15) is 16.9 Å². The molecule has 0 fully saturated rings. The number of aryl methyl sites for hydroxylation is 1. The van der Waals surface area contributed by atoms with E-state index in [0.717, 1.165) is 29.3 Å². The molecule has 4 nitrogen and oxygen atoms in total. The number of aromatic amines is 1. The highest BCUT2D eigenvalue weighted by Gasteiger charge is 2.11. The summed E-state index contributed by atoms with van der Waals surface area (Å²) >= 11 is 1.88. The monoisotopic (exact) mass is 279 g/mol. The first kappa shape index (κ1) is 14.2. The molecule has 2 rings (SSSR count). The van der Waals surface area contributed by atoms with E-state index in [9.17, 15) is 0 Å². The van der Waals surface area contributed by atoms with Gasteiger partial charge in [0.25, 0.3) is 0 Å². The zero-order chi connectivity index (χ0) is 13.7. The van der Waals surface area contributed by atoms with Crippen LogP contribution in [0, 0.1) is 6.92 Å². The lowest BCUT2D eigenvalue weighted by Gasteiger charge is -2.12. The molecule has 0 spiro atoms. The zero-order valence-electron chi connectivity index (χ0n) is 11.7. The van der Waals surface area contributed by atoms with Gasteiger partial charge in [0.15, 0.2) is 5.76 Å². The molecular formula is C14H21N3OS. The molecule has 2 aromatic rings. The van der Waals surface area contributed by atoms with E-state index >= 15 is 0 Å². The Morgan fingerprint density at radius 2 is 2.32 bits per heavy atom. The highest BCUT2D eigenvalue weighted by molar-refractivity contribution is 7.98. The predicted molar refractivity (Wildman–Crippen MR) is 80.3 cm³/mol. The molecular weight excluding hydrogens is 258 g/mol. The average Bonchev–Trinajstić information content (AvgIpc) is 3.02. The summed E-state index contributed by atoms with van der Waals surface area (Å²) in [5, 5.41) is 10.7. The van der Waals surface area contributed by atoms with E-state index in [1.165, 1.54) is 12.2 Å². The number of nitrogens with zero attached hydrogens (tertiary/aromatic N) is 1. The van der Waals surface area contributed by atoms with Gasteiger partial charge in [0.2, 0.25) is 0 Å². The van der Waals surface area contributed by atoms with E-state index in [-0.39, 0.29) is 0 Å². The van der Waals surface area contributed by atoms with Crippen molar-refractivity contribution in [2.24, 2.45) is 0 Å². The molecule has 0 saturated heterocycles. The fraction of sp³-hybridized carbons (Fsp3) is 0.500. The third-order valence-corrected chi connectivity index (χ3v) is 3.74. The van der Waals surface area contributed by atoms with Crippen LogP contribution in [0.4, 0.5) is 0 Å². The predicted octanol–water partition coefficient (Wildman–Crippen LogP) is 3.21. The van der Waals surface area contributed by atoms with Crippen molar-refractivity contribution < 1.29 is 4.42 Å². The van der Waals surface area contributed by atoms with Gasteiger partial charge in [-0.1, -0.05) is 0 Å². The lowest BCUT2D eigenvalue weighted by molar-refractivity contribution is 0.532. The molecule has 0 bridgehead atoms. The van der Waals surface area contributed by atoms with E-state index in [1.807, 2.05) is 37.0 Å². The second kappa shape index (κ2) is 6.82. The van der Waals surface area contributed by atoms with Crippen LogP contribution in [0.5, 0.6) is 0 Å². The summed E-state index contributed by atoms with van der Waals surface area (Å²) in [5.41, 5.74) is 2.11. The fourth-order valence-electron chi connectivity index (χ4n) is 1.91. The van der Waals surface area contributed by atoms with Crippen molar-refractivity contribution in [2.75, 3.05) is 12.0 Å². The highest BCUT2D eigenvalue weighted by Crippen LogP contribution is 2.23. The van der Waals surface area contributed by atoms with E-state index in [4.69, 9.17) is 4.42 Å². The number of rotatable bonds is 7. The molecule has 5 heteroatoms. The number of nitrogens with one attached hydrogen (secondary N) is 2. The van der Waals surface area contributed by atoms with Crippen LogP contribution in [0.25, 0.3) is 11.5 Å². The van der Waals surface area contributed by atoms with Gasteiger partial charge in [-0.15, -0.1) is 0 Å². The first-order valence-electron chi connectivity index (χ1n) is 6.52. The smallest absolute Gasteiger partial charge is 0.152 e. The number of furan rings is 1. The normalized spacial score (nSPS) is 12.8. The zero-order valence-corrected chi connectivity index (χ0v) is 12.5. The van der Waals surface area contributed by atoms with Crippen molar-refractivity contribution in [3.8, 4) is 11.5 Å². The SMILES string of the molecule is CSCCC(C)NCc1cn[nH]c1-c1ccc(C)o1. The first-order valence-corrected chi connectivity index (χ1v) is 7.91. The summed E-state index contributed by atoms with van der Waals surface area (Å²) in [7, 11) is 0. The Labute approximate surface area is 118 Å². The van der Waals surface area contributed by atoms with Gasteiger partial charge in [-0.3, -0.25) is 5.10 Å². The average molecular weight is 279 g/mol. The second-order valence-electron chi connectivity index (χ2n) is 4.74. The molecule has 0 aliphatic rings. The third-order valence-electron chi connectivity index (χ3n) is 3.10. The van der Waals surface area contributed by atoms with E-state index < -0.39 is 0 Å². The van der Waals surface area contributed by atoms with Gasteiger partial charge >= 0.3 is 0 Å². The largest absolute Gasteiger partial charge is 0.460 e. The van der Waals surface area contributed by atoms with Crippen LogP contribution in [0.15, 0.2) is 22.7 Å². The minimum absolute atomic E-state index is 0.508. The Hall–Kier alpha value is -1.20. The Balaban J connectivity index is 1.96. The molecule has 2 heterocycles. The Morgan fingerprint density at radius 1 is 1.47 bits per heavy atom. The molecule has 0 radical (unpaired) electrons. The van der Waals surface area contributed by atoms with Gasteiger partial charge < -0.3 is 9.73 Å². The molecule has 0 aromatic carbocycles. The van der Waals surface area contributed by atoms with Crippen molar-refractivity contribution >= 4 is 11.8 Å². The number of H-pyrrole nitrogens is 1. The third kappa shape index (κ3) is 3.88. The lowest BCUT2D eigenvalue weighted by Crippen LogP contribution is -2.26. The lowest BCUT2D eigenvalue weighted by atomic mass is 10.2. The van der Waals surface area contributed by atoms with Crippen molar-refractivity contribution in [3.63, 3.8) is 0 Å². The number of hydrogen-bond acceptors (Lipinski definition) is 4. The van der Waals surface area contributed by atoms with Crippen molar-refractivity contribution in [2.45, 2.75) is 32.9 Å². The van der Waals surface area contributed by atoms with Crippen LogP contribution in [-0.2, 0) is 6.54 Å². The van der Waals surface area contributed by atoms with E-state index in [1.54, 1.807) is 0 Å². The first-order chi connectivity index (χ1) is 9.20. The molecule has 104 valence electrons. The standard InChI is InChI=1S/C14H21N3OS/c1-10(6-7-19-3)15-8-12-9-16-17-14(12)13-5-4-11(2)18-13/h4-5,9-10,15H,6-8H2,1-3H3,(H,16,17). The summed E-state index contributed by atoms with van der Waals surface area (Å²) in [4.78, 5) is 0. The van der Waals surface area contributed by atoms with Crippen molar-refractivity contribution in [3.05, 3.63) is 29.7 Å². The van der Waals surface area contributed by atoms with Gasteiger partial charge in [0, 0.05) is 18.2 Å². The van der Waals surface area contributed by atoms with E-state index in [0.29, 0.717) is 6.04 Å². The molecule has 2 aromatic heterocycles. The molecule has 0 aliphatic carbocycles. The van der Waals surface area contributed by atoms with Crippen LogP contribution in [0.2, 0.25) is 0 Å². The number of hydrogen-bond donors (Lipinski definition) is 2. The maximum atomic E-state index is 5.64. The minimum atomic E-state index is 0.508. The highest BCUT2D eigenvalue weighted by atomic mass is 32.2. The van der Waals surface area contributed by atoms with Crippen LogP contribution in [0.3, 0.4) is 0 Å². The molecule has 19 heavy (non-hydrogen) atoms. The van der Waals surface area contributed by atoms with Crippen LogP contribution >= 0.6 is 11.8 Å². The van der Waals surface area contributed by atoms with E-state index in [2.05, 4.69) is 28.7 Å². The van der Waals surface area contributed by atoms with Crippen LogP contribution in [-0.4, -0.2) is 28.2 Å². The molecule has 1 atom stereocenters. The summed E-state index contributed by atoms with van der Waals surface area (Å²) in [6.45, 7) is 4.97. The van der Waals surface area contributed by atoms with Crippen molar-refractivity contribution in [1.82, 2.24) is 15.5 Å². The second-order valence-corrected chi connectivity index (χ2v) is 5.73. The minimum Gasteiger partial charge on any atom is -0.460 e. The quantitative estimate of drug-likeness (QED) is 0.817. The number of thioether (sulfide) groups is 1. The fourth-order valence-corrected chi connectivity index (χ4v) is 2.50. The van der Waals surface area contributed by atoms with Crippen LogP contribution < -0.4 is 5.32 Å². The summed E-state index contributed by atoms with van der Waals surface area (Å²) in [6.07, 6.45) is 5.18. The van der Waals surface area contributed by atoms with Gasteiger partial charge in [-0.25, -0.2) is 0 Å². The maximum absolute atomic E-state index is 5.64. The maximum Gasteiger partial charge on any atom is 0.152 e. The van der Waals surface area contributed by atoms with Gasteiger partial charge in [0.05, 0.1) is 6.20 Å². The summed E-state index contributed by atoms with van der Waals surface area (Å²) in [6, 6.07) is 4.45. The Morgan fingerprint density at radius 3 is 3.00 bits per heavy atom. The van der Waals surface area contributed by atoms with Gasteiger partial charge in [0.1, 0.15) is 11.5 Å². The Kier molecular flexibility index (Phi) is 5.10. The topological polar surface area (TPSA) is 53.9 Å². The molecule has 1 unspecified atom stereocenters. The molecule has 0 amide bonds. The van der Waals surface area contributed by atoms with Crippen molar-refractivity contribution in [1.29, 1.82) is 0 Å². The Bertz CT molecular complexity index is 506. The molecule has 2 N–H and O–H groups in total. The van der Waals surface area contributed by atoms with Gasteiger partial charge in [-0.05, 0) is 44.4 Å². The molecule has 0 aliphatic heterocycles. The number of aromatic nitrogens is 2. The molecule has 0 saturated carbocycles. The van der Waals surface area contributed by atoms with Crippen LogP contribution in [0.1, 0.15) is 24.7 Å². The summed E-state index contributed by atoms with van der Waals surface area (Å²) in [5.74, 6) is 2.95. The summed E-state index contributed by atoms with van der Waals surface area (Å²) < 4.78 is 5.64.